The van der Waals surface area contributed by atoms with E-state index >= 15 is 0 Å². The minimum absolute atomic E-state index is 0.209. The molecule has 0 aliphatic rings. The monoisotopic (exact) mass is 303 g/mol. The number of carbonyl (C=O) groups is 2. The minimum atomic E-state index is -0.438. The van der Waals surface area contributed by atoms with Gasteiger partial charge in [0, 0.05) is 5.56 Å². The van der Waals surface area contributed by atoms with Crippen LogP contribution in [0.2, 0.25) is 0 Å². The van der Waals surface area contributed by atoms with Crippen LogP contribution in [-0.4, -0.2) is 19.0 Å². The SMILES string of the molecule is CCc1ccccc1C(=O)Nc1c(C)csc1C(=O)OC. The van der Waals surface area contributed by atoms with E-state index in [1.54, 1.807) is 6.07 Å². The molecule has 0 saturated heterocycles. The Morgan fingerprint density at radius 3 is 2.67 bits per heavy atom. The van der Waals surface area contributed by atoms with Crippen molar-refractivity contribution in [2.24, 2.45) is 0 Å². The fraction of sp³-hybridized carbons (Fsp3) is 0.250. The molecule has 0 aliphatic carbocycles. The number of aryl methyl sites for hydroxylation is 2. The molecule has 0 radical (unpaired) electrons. The van der Waals surface area contributed by atoms with E-state index in [-0.39, 0.29) is 5.91 Å². The lowest BCUT2D eigenvalue weighted by molar-refractivity contribution is 0.0607. The molecule has 2 aromatic rings. The third-order valence-electron chi connectivity index (χ3n) is 3.23. The van der Waals surface area contributed by atoms with E-state index in [0.29, 0.717) is 16.1 Å². The summed E-state index contributed by atoms with van der Waals surface area (Å²) in [4.78, 5) is 24.6. The first kappa shape index (κ1) is 15.3. The summed E-state index contributed by atoms with van der Waals surface area (Å²) in [5, 5.41) is 4.66. The molecule has 0 unspecified atom stereocenters. The van der Waals surface area contributed by atoms with Gasteiger partial charge in [-0.05, 0) is 35.9 Å². The Balaban J connectivity index is 2.32. The first-order chi connectivity index (χ1) is 10.1. The molecule has 1 amide bonds. The molecule has 0 aliphatic heterocycles. The number of benzene rings is 1. The summed E-state index contributed by atoms with van der Waals surface area (Å²) in [7, 11) is 1.33. The number of carbonyl (C=O) groups excluding carboxylic acids is 2. The Bertz CT molecular complexity index is 676. The lowest BCUT2D eigenvalue weighted by Gasteiger charge is -2.10. The van der Waals surface area contributed by atoms with Gasteiger partial charge in [-0.15, -0.1) is 11.3 Å². The number of ether oxygens (including phenoxy) is 1. The first-order valence-electron chi connectivity index (χ1n) is 6.64. The van der Waals surface area contributed by atoms with Crippen molar-refractivity contribution in [2.75, 3.05) is 12.4 Å². The van der Waals surface area contributed by atoms with Gasteiger partial charge in [-0.3, -0.25) is 4.79 Å². The molecule has 0 bridgehead atoms. The fourth-order valence-corrected chi connectivity index (χ4v) is 3.00. The molecule has 1 N–H and O–H groups in total. The van der Waals surface area contributed by atoms with Gasteiger partial charge in [0.1, 0.15) is 4.88 Å². The van der Waals surface area contributed by atoms with Crippen LogP contribution in [0.3, 0.4) is 0 Å². The highest BCUT2D eigenvalue weighted by Crippen LogP contribution is 2.29. The average molecular weight is 303 g/mol. The molecule has 1 aromatic heterocycles. The highest BCUT2D eigenvalue weighted by molar-refractivity contribution is 7.12. The molecule has 0 atom stereocenters. The van der Waals surface area contributed by atoms with Crippen molar-refractivity contribution >= 4 is 28.9 Å². The Labute approximate surface area is 127 Å². The quantitative estimate of drug-likeness (QED) is 0.877. The lowest BCUT2D eigenvalue weighted by Crippen LogP contribution is -2.16. The van der Waals surface area contributed by atoms with Crippen LogP contribution in [0.5, 0.6) is 0 Å². The number of nitrogens with one attached hydrogen (secondary N) is 1. The second-order valence-electron chi connectivity index (χ2n) is 4.58. The van der Waals surface area contributed by atoms with Crippen LogP contribution >= 0.6 is 11.3 Å². The zero-order valence-corrected chi connectivity index (χ0v) is 13.0. The van der Waals surface area contributed by atoms with Crippen LogP contribution in [0.25, 0.3) is 0 Å². The van der Waals surface area contributed by atoms with E-state index < -0.39 is 5.97 Å². The number of hydrogen-bond acceptors (Lipinski definition) is 4. The number of anilines is 1. The molecule has 4 nitrogen and oxygen atoms in total. The van der Waals surface area contributed by atoms with Crippen molar-refractivity contribution in [3.63, 3.8) is 0 Å². The maximum Gasteiger partial charge on any atom is 0.350 e. The van der Waals surface area contributed by atoms with Crippen molar-refractivity contribution in [3.8, 4) is 0 Å². The zero-order valence-electron chi connectivity index (χ0n) is 12.2. The van der Waals surface area contributed by atoms with E-state index in [1.165, 1.54) is 18.4 Å². The van der Waals surface area contributed by atoms with E-state index in [9.17, 15) is 9.59 Å². The van der Waals surface area contributed by atoms with Gasteiger partial charge >= 0.3 is 5.97 Å². The van der Waals surface area contributed by atoms with Gasteiger partial charge in [0.25, 0.3) is 5.91 Å². The van der Waals surface area contributed by atoms with Crippen LogP contribution in [-0.2, 0) is 11.2 Å². The molecule has 0 fully saturated rings. The summed E-state index contributed by atoms with van der Waals surface area (Å²) in [6.07, 6.45) is 0.774. The summed E-state index contributed by atoms with van der Waals surface area (Å²) in [6, 6.07) is 7.45. The highest BCUT2D eigenvalue weighted by atomic mass is 32.1. The Morgan fingerprint density at radius 1 is 1.29 bits per heavy atom. The van der Waals surface area contributed by atoms with Gasteiger partial charge in [-0.2, -0.15) is 0 Å². The van der Waals surface area contributed by atoms with Crippen LogP contribution < -0.4 is 5.32 Å². The standard InChI is InChI=1S/C16H17NO3S/c1-4-11-7-5-6-8-12(11)15(18)17-13-10(2)9-21-14(13)16(19)20-3/h5-9H,4H2,1-3H3,(H,17,18). The predicted octanol–water partition coefficient (Wildman–Crippen LogP) is 3.66. The second kappa shape index (κ2) is 6.54. The number of methoxy groups -OCH3 is 1. The minimum Gasteiger partial charge on any atom is -0.465 e. The molecule has 0 spiro atoms. The molecule has 110 valence electrons. The van der Waals surface area contributed by atoms with E-state index in [2.05, 4.69) is 5.32 Å². The Morgan fingerprint density at radius 2 is 2.00 bits per heavy atom. The van der Waals surface area contributed by atoms with Crippen LogP contribution in [0.4, 0.5) is 5.69 Å². The summed E-state index contributed by atoms with van der Waals surface area (Å²) in [5.74, 6) is -0.647. The van der Waals surface area contributed by atoms with Crippen molar-refractivity contribution < 1.29 is 14.3 Å². The normalized spacial score (nSPS) is 10.2. The topological polar surface area (TPSA) is 55.4 Å². The van der Waals surface area contributed by atoms with Gasteiger partial charge < -0.3 is 10.1 Å². The molecular formula is C16H17NO3S. The molecule has 5 heteroatoms. The predicted molar refractivity (Wildman–Crippen MR) is 84.2 cm³/mol. The van der Waals surface area contributed by atoms with Gasteiger partial charge in [0.2, 0.25) is 0 Å². The zero-order chi connectivity index (χ0) is 15.4. The van der Waals surface area contributed by atoms with Crippen molar-refractivity contribution in [3.05, 3.63) is 51.2 Å². The number of thiophene rings is 1. The van der Waals surface area contributed by atoms with E-state index in [0.717, 1.165) is 17.5 Å². The van der Waals surface area contributed by atoms with Crippen LogP contribution in [0, 0.1) is 6.92 Å². The highest BCUT2D eigenvalue weighted by Gasteiger charge is 2.20. The van der Waals surface area contributed by atoms with E-state index in [1.807, 2.05) is 37.4 Å². The van der Waals surface area contributed by atoms with Crippen LogP contribution in [0.1, 0.15) is 38.1 Å². The molecule has 21 heavy (non-hydrogen) atoms. The first-order valence-corrected chi connectivity index (χ1v) is 7.52. The smallest absolute Gasteiger partial charge is 0.350 e. The summed E-state index contributed by atoms with van der Waals surface area (Å²) in [5.41, 5.74) is 2.98. The molecule has 2 rings (SSSR count). The van der Waals surface area contributed by atoms with Crippen LogP contribution in [0.15, 0.2) is 29.6 Å². The average Bonchev–Trinajstić information content (AvgIpc) is 2.87. The number of amides is 1. The molecule has 1 aromatic carbocycles. The summed E-state index contributed by atoms with van der Waals surface area (Å²) >= 11 is 1.27. The maximum atomic E-state index is 12.4. The second-order valence-corrected chi connectivity index (χ2v) is 5.46. The molecule has 1 heterocycles. The maximum absolute atomic E-state index is 12.4. The fourth-order valence-electron chi connectivity index (χ4n) is 2.07. The third-order valence-corrected chi connectivity index (χ3v) is 4.31. The number of rotatable bonds is 4. The van der Waals surface area contributed by atoms with E-state index in [4.69, 9.17) is 4.74 Å². The number of hydrogen-bond donors (Lipinski definition) is 1. The van der Waals surface area contributed by atoms with Crippen molar-refractivity contribution in [1.82, 2.24) is 0 Å². The summed E-state index contributed by atoms with van der Waals surface area (Å²) in [6.45, 7) is 3.85. The third kappa shape index (κ3) is 3.13. The Hall–Kier alpha value is -2.14. The van der Waals surface area contributed by atoms with Gasteiger partial charge in [-0.1, -0.05) is 25.1 Å². The van der Waals surface area contributed by atoms with Gasteiger partial charge in [0.15, 0.2) is 0 Å². The van der Waals surface area contributed by atoms with Gasteiger partial charge in [0.05, 0.1) is 12.8 Å². The molecular weight excluding hydrogens is 286 g/mol. The van der Waals surface area contributed by atoms with Crippen molar-refractivity contribution in [1.29, 1.82) is 0 Å². The lowest BCUT2D eigenvalue weighted by atomic mass is 10.0. The Kier molecular flexibility index (Phi) is 4.75. The largest absolute Gasteiger partial charge is 0.465 e. The van der Waals surface area contributed by atoms with Gasteiger partial charge in [-0.25, -0.2) is 4.79 Å². The van der Waals surface area contributed by atoms with Crippen molar-refractivity contribution in [2.45, 2.75) is 20.3 Å². The molecule has 0 saturated carbocycles. The summed E-state index contributed by atoms with van der Waals surface area (Å²) < 4.78 is 4.74. The number of esters is 1.